The third-order valence-electron chi connectivity index (χ3n) is 4.06. The summed E-state index contributed by atoms with van der Waals surface area (Å²) in [6.07, 6.45) is 3.58. The van der Waals surface area contributed by atoms with E-state index in [0.717, 1.165) is 31.7 Å². The van der Waals surface area contributed by atoms with Crippen LogP contribution in [0.4, 0.5) is 5.82 Å². The summed E-state index contributed by atoms with van der Waals surface area (Å²) in [7, 11) is 1.80. The minimum atomic E-state index is -0.0904. The van der Waals surface area contributed by atoms with Crippen molar-refractivity contribution in [3.63, 3.8) is 0 Å². The fourth-order valence-corrected chi connectivity index (χ4v) is 2.87. The number of aryl methyl sites for hydroxylation is 1. The van der Waals surface area contributed by atoms with Gasteiger partial charge in [0.1, 0.15) is 5.82 Å². The standard InChI is InChI=1S/C16H22N6O2/c1-11-19-15(21-24-11)10-22-7-3-4-13(9-22)20-16(23)12-5-6-14(17-2)18-8-12/h5-6,8,13H,3-4,7,9-10H2,1-2H3,(H,17,18)(H,20,23). The van der Waals surface area contributed by atoms with Gasteiger partial charge in [-0.2, -0.15) is 4.98 Å². The molecule has 0 bridgehead atoms. The molecule has 2 aromatic heterocycles. The number of amides is 1. The number of hydrogen-bond donors (Lipinski definition) is 2. The molecule has 2 N–H and O–H groups in total. The van der Waals surface area contributed by atoms with Crippen LogP contribution in [0.3, 0.4) is 0 Å². The first kappa shape index (κ1) is 16.4. The van der Waals surface area contributed by atoms with Crippen LogP contribution in [-0.4, -0.2) is 52.1 Å². The molecule has 1 unspecified atom stereocenters. The summed E-state index contributed by atoms with van der Waals surface area (Å²) in [5.41, 5.74) is 0.569. The lowest BCUT2D eigenvalue weighted by atomic mass is 10.1. The molecule has 1 amide bonds. The van der Waals surface area contributed by atoms with E-state index in [1.54, 1.807) is 32.3 Å². The van der Waals surface area contributed by atoms with Crippen molar-refractivity contribution in [2.45, 2.75) is 32.4 Å². The van der Waals surface area contributed by atoms with Gasteiger partial charge < -0.3 is 15.2 Å². The highest BCUT2D eigenvalue weighted by Gasteiger charge is 2.23. The monoisotopic (exact) mass is 330 g/mol. The van der Waals surface area contributed by atoms with Crippen LogP contribution < -0.4 is 10.6 Å². The van der Waals surface area contributed by atoms with E-state index < -0.39 is 0 Å². The van der Waals surface area contributed by atoms with Gasteiger partial charge in [0, 0.05) is 32.8 Å². The van der Waals surface area contributed by atoms with E-state index in [2.05, 4.69) is 30.7 Å². The Bertz CT molecular complexity index is 684. The third kappa shape index (κ3) is 4.08. The molecule has 0 aliphatic carbocycles. The quantitative estimate of drug-likeness (QED) is 0.850. The fraction of sp³-hybridized carbons (Fsp3) is 0.500. The minimum Gasteiger partial charge on any atom is -0.373 e. The van der Waals surface area contributed by atoms with Gasteiger partial charge in [0.2, 0.25) is 5.89 Å². The normalized spacial score (nSPS) is 18.3. The van der Waals surface area contributed by atoms with Crippen molar-refractivity contribution in [2.75, 3.05) is 25.5 Å². The Balaban J connectivity index is 1.55. The van der Waals surface area contributed by atoms with Crippen molar-refractivity contribution in [2.24, 2.45) is 0 Å². The molecular weight excluding hydrogens is 308 g/mol. The molecule has 1 aliphatic heterocycles. The van der Waals surface area contributed by atoms with Gasteiger partial charge in [-0.3, -0.25) is 9.69 Å². The van der Waals surface area contributed by atoms with Crippen LogP contribution in [0.1, 0.15) is 34.9 Å². The van der Waals surface area contributed by atoms with Crippen LogP contribution in [0.25, 0.3) is 0 Å². The molecule has 8 heteroatoms. The number of aromatic nitrogens is 3. The second-order valence-corrected chi connectivity index (χ2v) is 5.96. The van der Waals surface area contributed by atoms with Crippen LogP contribution in [-0.2, 0) is 6.54 Å². The smallest absolute Gasteiger partial charge is 0.253 e. The molecule has 0 spiro atoms. The summed E-state index contributed by atoms with van der Waals surface area (Å²) < 4.78 is 5.00. The number of piperidine rings is 1. The van der Waals surface area contributed by atoms with Crippen LogP contribution in [0, 0.1) is 6.92 Å². The molecular formula is C16H22N6O2. The van der Waals surface area contributed by atoms with E-state index in [0.29, 0.717) is 23.8 Å². The molecule has 1 aliphatic rings. The minimum absolute atomic E-state index is 0.0904. The predicted molar refractivity (Wildman–Crippen MR) is 88.6 cm³/mol. The number of nitrogens with one attached hydrogen (secondary N) is 2. The van der Waals surface area contributed by atoms with E-state index in [9.17, 15) is 4.79 Å². The molecule has 0 saturated carbocycles. The lowest BCUT2D eigenvalue weighted by molar-refractivity contribution is 0.0899. The van der Waals surface area contributed by atoms with E-state index in [1.807, 2.05) is 0 Å². The van der Waals surface area contributed by atoms with Crippen LogP contribution in [0.5, 0.6) is 0 Å². The maximum Gasteiger partial charge on any atom is 0.253 e. The van der Waals surface area contributed by atoms with E-state index in [-0.39, 0.29) is 11.9 Å². The zero-order valence-electron chi connectivity index (χ0n) is 14.0. The van der Waals surface area contributed by atoms with Crippen LogP contribution in [0.2, 0.25) is 0 Å². The molecule has 2 aromatic rings. The van der Waals surface area contributed by atoms with Gasteiger partial charge in [0.05, 0.1) is 12.1 Å². The summed E-state index contributed by atoms with van der Waals surface area (Å²) >= 11 is 0. The van der Waals surface area contributed by atoms with Gasteiger partial charge in [0.15, 0.2) is 5.82 Å². The van der Waals surface area contributed by atoms with Crippen molar-refractivity contribution in [3.05, 3.63) is 35.6 Å². The second kappa shape index (κ2) is 7.39. The molecule has 3 rings (SSSR count). The highest BCUT2D eigenvalue weighted by Crippen LogP contribution is 2.13. The van der Waals surface area contributed by atoms with Crippen molar-refractivity contribution in [1.82, 2.24) is 25.3 Å². The van der Waals surface area contributed by atoms with Gasteiger partial charge in [0.25, 0.3) is 5.91 Å². The van der Waals surface area contributed by atoms with Crippen molar-refractivity contribution in [1.29, 1.82) is 0 Å². The number of rotatable bonds is 5. The Morgan fingerprint density at radius 3 is 3.00 bits per heavy atom. The number of carbonyl (C=O) groups is 1. The summed E-state index contributed by atoms with van der Waals surface area (Å²) in [5, 5.41) is 9.95. The molecule has 8 nitrogen and oxygen atoms in total. The molecule has 1 fully saturated rings. The zero-order chi connectivity index (χ0) is 16.9. The molecule has 1 atom stereocenters. The first-order valence-electron chi connectivity index (χ1n) is 8.10. The van der Waals surface area contributed by atoms with Gasteiger partial charge in [-0.1, -0.05) is 5.16 Å². The molecule has 1 saturated heterocycles. The average molecular weight is 330 g/mol. The van der Waals surface area contributed by atoms with Gasteiger partial charge in [-0.15, -0.1) is 0 Å². The lowest BCUT2D eigenvalue weighted by Crippen LogP contribution is -2.47. The number of anilines is 1. The first-order chi connectivity index (χ1) is 11.6. The molecule has 128 valence electrons. The zero-order valence-corrected chi connectivity index (χ0v) is 14.0. The van der Waals surface area contributed by atoms with E-state index in [4.69, 9.17) is 4.52 Å². The summed E-state index contributed by atoms with van der Waals surface area (Å²) in [5.74, 6) is 1.91. The van der Waals surface area contributed by atoms with Crippen LogP contribution >= 0.6 is 0 Å². The maximum absolute atomic E-state index is 12.4. The maximum atomic E-state index is 12.4. The Hall–Kier alpha value is -2.48. The van der Waals surface area contributed by atoms with Gasteiger partial charge in [-0.25, -0.2) is 4.98 Å². The van der Waals surface area contributed by atoms with Crippen molar-refractivity contribution < 1.29 is 9.32 Å². The second-order valence-electron chi connectivity index (χ2n) is 5.96. The highest BCUT2D eigenvalue weighted by atomic mass is 16.5. The van der Waals surface area contributed by atoms with E-state index >= 15 is 0 Å². The Morgan fingerprint density at radius 2 is 2.33 bits per heavy atom. The number of nitrogens with zero attached hydrogens (tertiary/aromatic N) is 4. The van der Waals surface area contributed by atoms with Gasteiger partial charge >= 0.3 is 0 Å². The molecule has 0 radical (unpaired) electrons. The Kier molecular flexibility index (Phi) is 5.05. The Morgan fingerprint density at radius 1 is 1.46 bits per heavy atom. The Labute approximate surface area is 140 Å². The molecule has 3 heterocycles. The SMILES string of the molecule is CNc1ccc(C(=O)NC2CCCN(Cc3noc(C)n3)C2)cn1. The molecule has 24 heavy (non-hydrogen) atoms. The number of likely N-dealkylation sites (tertiary alicyclic amines) is 1. The van der Waals surface area contributed by atoms with Gasteiger partial charge in [-0.05, 0) is 31.5 Å². The van der Waals surface area contributed by atoms with E-state index in [1.165, 1.54) is 0 Å². The summed E-state index contributed by atoms with van der Waals surface area (Å²) in [6.45, 7) is 4.17. The number of pyridine rings is 1. The first-order valence-corrected chi connectivity index (χ1v) is 8.10. The summed E-state index contributed by atoms with van der Waals surface area (Å²) in [6, 6.07) is 3.68. The highest BCUT2D eigenvalue weighted by molar-refractivity contribution is 5.94. The van der Waals surface area contributed by atoms with Crippen LogP contribution in [0.15, 0.2) is 22.9 Å². The largest absolute Gasteiger partial charge is 0.373 e. The third-order valence-corrected chi connectivity index (χ3v) is 4.06. The molecule has 0 aromatic carbocycles. The summed E-state index contributed by atoms with van der Waals surface area (Å²) in [4.78, 5) is 23.0. The van der Waals surface area contributed by atoms with Crippen molar-refractivity contribution in [3.8, 4) is 0 Å². The lowest BCUT2D eigenvalue weighted by Gasteiger charge is -2.32. The number of carbonyl (C=O) groups excluding carboxylic acids is 1. The number of hydrogen-bond acceptors (Lipinski definition) is 7. The average Bonchev–Trinajstić information content (AvgIpc) is 3.00. The fourth-order valence-electron chi connectivity index (χ4n) is 2.87. The predicted octanol–water partition coefficient (Wildman–Crippen LogP) is 1.21. The van der Waals surface area contributed by atoms with Crippen molar-refractivity contribution >= 4 is 11.7 Å². The topological polar surface area (TPSA) is 96.2 Å².